The number of likely N-dealkylation sites (tertiary alicyclic amines) is 1. The van der Waals surface area contributed by atoms with Gasteiger partial charge in [-0.1, -0.05) is 30.3 Å². The summed E-state index contributed by atoms with van der Waals surface area (Å²) in [6.07, 6.45) is 4.55. The van der Waals surface area contributed by atoms with Crippen LogP contribution in [0.1, 0.15) is 38.2 Å². The van der Waals surface area contributed by atoms with Gasteiger partial charge in [-0.25, -0.2) is 0 Å². The molecule has 1 amide bonds. The molecule has 0 aromatic heterocycles. The number of hydrogen-bond acceptors (Lipinski definition) is 3. The number of benzene rings is 1. The molecular formula is C18H29ClN2O2. The van der Waals surface area contributed by atoms with Gasteiger partial charge >= 0.3 is 0 Å². The molecule has 1 aliphatic rings. The number of carbonyl (C=O) groups excluding carboxylic acids is 1. The Balaban J connectivity index is 0.00000264. The topological polar surface area (TPSA) is 55.6 Å². The third-order valence-electron chi connectivity index (χ3n) is 4.12. The van der Waals surface area contributed by atoms with Gasteiger partial charge in [-0.15, -0.1) is 12.4 Å². The molecule has 0 radical (unpaired) electrons. The minimum atomic E-state index is 0. The Labute approximate surface area is 145 Å². The second-order valence-corrected chi connectivity index (χ2v) is 6.23. The second kappa shape index (κ2) is 10.6. The van der Waals surface area contributed by atoms with Gasteiger partial charge < -0.3 is 15.4 Å². The molecule has 2 unspecified atom stereocenters. The van der Waals surface area contributed by atoms with Crippen LogP contribution in [0, 0.1) is 0 Å². The van der Waals surface area contributed by atoms with Gasteiger partial charge in [0.1, 0.15) is 0 Å². The van der Waals surface area contributed by atoms with E-state index in [1.807, 2.05) is 17.9 Å². The van der Waals surface area contributed by atoms with Crippen LogP contribution in [0.25, 0.3) is 0 Å². The first-order chi connectivity index (χ1) is 10.6. The molecule has 1 fully saturated rings. The summed E-state index contributed by atoms with van der Waals surface area (Å²) >= 11 is 0. The maximum absolute atomic E-state index is 12.0. The van der Waals surface area contributed by atoms with Crippen molar-refractivity contribution in [2.45, 2.75) is 51.2 Å². The van der Waals surface area contributed by atoms with Crippen LogP contribution in [-0.4, -0.2) is 42.6 Å². The molecule has 0 spiro atoms. The minimum absolute atomic E-state index is 0. The summed E-state index contributed by atoms with van der Waals surface area (Å²) in [5.41, 5.74) is 7.05. The van der Waals surface area contributed by atoms with E-state index in [0.29, 0.717) is 6.42 Å². The van der Waals surface area contributed by atoms with Gasteiger partial charge in [-0.05, 0) is 38.2 Å². The fraction of sp³-hybridized carbons (Fsp3) is 0.611. The molecule has 130 valence electrons. The molecule has 2 atom stereocenters. The Morgan fingerprint density at radius 3 is 2.83 bits per heavy atom. The normalized spacial score (nSPS) is 18.5. The molecule has 1 saturated heterocycles. The summed E-state index contributed by atoms with van der Waals surface area (Å²) in [6.45, 7) is 4.27. The molecule has 0 bridgehead atoms. The third kappa shape index (κ3) is 7.34. The number of ether oxygens (including phenoxy) is 1. The van der Waals surface area contributed by atoms with Gasteiger partial charge in [0.25, 0.3) is 0 Å². The predicted octanol–water partition coefficient (Wildman–Crippen LogP) is 2.79. The molecule has 2 rings (SSSR count). The van der Waals surface area contributed by atoms with E-state index >= 15 is 0 Å². The standard InChI is InChI=1S/C18H28N2O2.ClH/c1-15(19)9-10-18(21)20-12-11-17(14-20)22-13-5-8-16-6-3-2-4-7-16;/h2-4,6-7,15,17H,5,8-14,19H2,1H3;1H. The molecule has 1 aliphatic heterocycles. The molecule has 2 N–H and O–H groups in total. The van der Waals surface area contributed by atoms with Gasteiger partial charge in [-0.3, -0.25) is 4.79 Å². The van der Waals surface area contributed by atoms with Crippen LogP contribution in [0.4, 0.5) is 0 Å². The molecule has 4 nitrogen and oxygen atoms in total. The van der Waals surface area contributed by atoms with E-state index < -0.39 is 0 Å². The largest absolute Gasteiger partial charge is 0.376 e. The lowest BCUT2D eigenvalue weighted by atomic mass is 10.1. The maximum atomic E-state index is 12.0. The zero-order valence-electron chi connectivity index (χ0n) is 13.9. The molecule has 1 aromatic rings. The Morgan fingerprint density at radius 1 is 1.39 bits per heavy atom. The van der Waals surface area contributed by atoms with Crippen LogP contribution in [0.2, 0.25) is 0 Å². The van der Waals surface area contributed by atoms with Gasteiger partial charge in [0.15, 0.2) is 0 Å². The van der Waals surface area contributed by atoms with Gasteiger partial charge in [0, 0.05) is 32.2 Å². The summed E-state index contributed by atoms with van der Waals surface area (Å²) in [4.78, 5) is 13.9. The van der Waals surface area contributed by atoms with Crippen LogP contribution < -0.4 is 5.73 Å². The Bertz CT molecular complexity index is 454. The number of aryl methyl sites for hydroxylation is 1. The Morgan fingerprint density at radius 2 is 2.13 bits per heavy atom. The molecule has 23 heavy (non-hydrogen) atoms. The summed E-state index contributed by atoms with van der Waals surface area (Å²) in [5, 5.41) is 0. The first-order valence-electron chi connectivity index (χ1n) is 8.34. The van der Waals surface area contributed by atoms with Crippen LogP contribution in [-0.2, 0) is 16.0 Å². The third-order valence-corrected chi connectivity index (χ3v) is 4.12. The lowest BCUT2D eigenvalue weighted by Gasteiger charge is -2.17. The highest BCUT2D eigenvalue weighted by Gasteiger charge is 2.26. The van der Waals surface area contributed by atoms with E-state index in [9.17, 15) is 4.79 Å². The molecule has 1 heterocycles. The highest BCUT2D eigenvalue weighted by Crippen LogP contribution is 2.15. The van der Waals surface area contributed by atoms with Crippen molar-refractivity contribution in [3.63, 3.8) is 0 Å². The van der Waals surface area contributed by atoms with E-state index in [2.05, 4.69) is 24.3 Å². The van der Waals surface area contributed by atoms with Crippen molar-refractivity contribution in [3.8, 4) is 0 Å². The van der Waals surface area contributed by atoms with Crippen molar-refractivity contribution in [3.05, 3.63) is 35.9 Å². The van der Waals surface area contributed by atoms with Crippen molar-refractivity contribution >= 4 is 18.3 Å². The molecular weight excluding hydrogens is 312 g/mol. The lowest BCUT2D eigenvalue weighted by Crippen LogP contribution is -2.31. The van der Waals surface area contributed by atoms with Gasteiger partial charge in [-0.2, -0.15) is 0 Å². The highest BCUT2D eigenvalue weighted by molar-refractivity contribution is 5.85. The van der Waals surface area contributed by atoms with Crippen LogP contribution in [0.3, 0.4) is 0 Å². The quantitative estimate of drug-likeness (QED) is 0.740. The molecule has 0 saturated carbocycles. The van der Waals surface area contributed by atoms with E-state index in [0.717, 1.165) is 45.4 Å². The second-order valence-electron chi connectivity index (χ2n) is 6.23. The minimum Gasteiger partial charge on any atom is -0.376 e. The number of rotatable bonds is 8. The predicted molar refractivity (Wildman–Crippen MR) is 95.8 cm³/mol. The number of hydrogen-bond donors (Lipinski definition) is 1. The zero-order chi connectivity index (χ0) is 15.8. The Hall–Kier alpha value is -1.10. The summed E-state index contributed by atoms with van der Waals surface area (Å²) in [6, 6.07) is 10.6. The highest BCUT2D eigenvalue weighted by atomic mass is 35.5. The zero-order valence-corrected chi connectivity index (χ0v) is 14.8. The van der Waals surface area contributed by atoms with Crippen molar-refractivity contribution < 1.29 is 9.53 Å². The number of nitrogens with two attached hydrogens (primary N) is 1. The Kier molecular flexibility index (Phi) is 9.22. The first-order valence-corrected chi connectivity index (χ1v) is 8.34. The first kappa shape index (κ1) is 19.9. The molecule has 0 aliphatic carbocycles. The average molecular weight is 341 g/mol. The fourth-order valence-corrected chi connectivity index (χ4v) is 2.77. The maximum Gasteiger partial charge on any atom is 0.222 e. The SMILES string of the molecule is CC(N)CCC(=O)N1CCC(OCCCc2ccccc2)C1.Cl. The molecule has 1 aromatic carbocycles. The van der Waals surface area contributed by atoms with Crippen LogP contribution in [0.5, 0.6) is 0 Å². The van der Waals surface area contributed by atoms with Crippen molar-refractivity contribution in [1.29, 1.82) is 0 Å². The number of carbonyl (C=O) groups is 1. The van der Waals surface area contributed by atoms with E-state index in [1.54, 1.807) is 0 Å². The summed E-state index contributed by atoms with van der Waals surface area (Å²) in [7, 11) is 0. The summed E-state index contributed by atoms with van der Waals surface area (Å²) in [5.74, 6) is 0.215. The lowest BCUT2D eigenvalue weighted by molar-refractivity contribution is -0.130. The molecule has 5 heteroatoms. The number of amides is 1. The van der Waals surface area contributed by atoms with Gasteiger partial charge in [0.2, 0.25) is 5.91 Å². The van der Waals surface area contributed by atoms with Crippen molar-refractivity contribution in [2.75, 3.05) is 19.7 Å². The average Bonchev–Trinajstić information content (AvgIpc) is 2.99. The number of nitrogens with zero attached hydrogens (tertiary/aromatic N) is 1. The monoisotopic (exact) mass is 340 g/mol. The van der Waals surface area contributed by atoms with Crippen molar-refractivity contribution in [2.24, 2.45) is 5.73 Å². The number of halogens is 1. The van der Waals surface area contributed by atoms with E-state index in [-0.39, 0.29) is 30.5 Å². The fourth-order valence-electron chi connectivity index (χ4n) is 2.77. The van der Waals surface area contributed by atoms with E-state index in [4.69, 9.17) is 10.5 Å². The van der Waals surface area contributed by atoms with Crippen LogP contribution in [0.15, 0.2) is 30.3 Å². The van der Waals surface area contributed by atoms with E-state index in [1.165, 1.54) is 5.56 Å². The van der Waals surface area contributed by atoms with Gasteiger partial charge in [0.05, 0.1) is 6.10 Å². The van der Waals surface area contributed by atoms with Crippen LogP contribution >= 0.6 is 12.4 Å². The summed E-state index contributed by atoms with van der Waals surface area (Å²) < 4.78 is 5.91. The van der Waals surface area contributed by atoms with Crippen molar-refractivity contribution in [1.82, 2.24) is 4.90 Å². The smallest absolute Gasteiger partial charge is 0.222 e.